The molecule has 0 bridgehead atoms. The second-order valence-corrected chi connectivity index (χ2v) is 3.48. The van der Waals surface area contributed by atoms with Gasteiger partial charge in [0.25, 0.3) is 0 Å². The smallest absolute Gasteiger partial charge is 0.358 e. The fourth-order valence-corrected chi connectivity index (χ4v) is 1.48. The molecule has 0 aliphatic carbocycles. The number of aliphatic hydroxyl groups is 2. The summed E-state index contributed by atoms with van der Waals surface area (Å²) in [6.45, 7) is 3.34. The number of ether oxygens (including phenoxy) is 1. The van der Waals surface area contributed by atoms with E-state index < -0.39 is 12.2 Å². The molecule has 0 saturated heterocycles. The highest BCUT2D eigenvalue weighted by Gasteiger charge is 2.32. The van der Waals surface area contributed by atoms with E-state index in [9.17, 15) is 15.0 Å². The fraction of sp³-hybridized carbons (Fsp3) is 0.500. The molecule has 1 rings (SSSR count). The number of methoxy groups -OCH3 is 1. The number of carbonyl (C=O) groups is 1. The Balaban J connectivity index is 3.28. The molecule has 0 saturated carbocycles. The van der Waals surface area contributed by atoms with Crippen LogP contribution in [0.4, 0.5) is 0 Å². The lowest BCUT2D eigenvalue weighted by Crippen LogP contribution is -2.39. The van der Waals surface area contributed by atoms with E-state index >= 15 is 0 Å². The van der Waals surface area contributed by atoms with Crippen molar-refractivity contribution in [2.45, 2.75) is 20.1 Å². The summed E-state index contributed by atoms with van der Waals surface area (Å²) in [6, 6.07) is 0. The Morgan fingerprint density at radius 1 is 1.47 bits per heavy atom. The van der Waals surface area contributed by atoms with E-state index in [0.717, 1.165) is 0 Å². The van der Waals surface area contributed by atoms with Crippen molar-refractivity contribution in [2.75, 3.05) is 14.2 Å². The predicted octanol–water partition coefficient (Wildman–Crippen LogP) is 0.529. The number of carbonyl (C=O) groups excluding carboxylic acids is 1. The molecule has 0 radical (unpaired) electrons. The van der Waals surface area contributed by atoms with Crippen molar-refractivity contribution < 1.29 is 19.7 Å². The second-order valence-electron chi connectivity index (χ2n) is 3.48. The Morgan fingerprint density at radius 3 is 2.47 bits per heavy atom. The molecule has 0 aromatic carbocycles. The second kappa shape index (κ2) is 3.94. The van der Waals surface area contributed by atoms with Gasteiger partial charge in [-0.15, -0.1) is 0 Å². The molecule has 1 aliphatic heterocycles. The number of hydrogen-bond donors (Lipinski definition) is 2. The zero-order valence-corrected chi connectivity index (χ0v) is 9.24. The molecule has 1 aliphatic rings. The lowest BCUT2D eigenvalue weighted by Gasteiger charge is -2.32. The summed E-state index contributed by atoms with van der Waals surface area (Å²) in [7, 11) is 2.74. The molecule has 5 heteroatoms. The summed E-state index contributed by atoms with van der Waals surface area (Å²) in [5.74, 6) is -0.812. The Hall–Kier alpha value is -1.49. The number of nitrogens with zero attached hydrogens (tertiary/aromatic N) is 1. The Morgan fingerprint density at radius 2 is 2.00 bits per heavy atom. The minimum atomic E-state index is -0.907. The van der Waals surface area contributed by atoms with Gasteiger partial charge in [0.2, 0.25) is 0 Å². The van der Waals surface area contributed by atoms with Crippen LogP contribution in [0.15, 0.2) is 22.6 Å². The van der Waals surface area contributed by atoms with Crippen LogP contribution in [0, 0.1) is 0 Å². The molecule has 2 N–H and O–H groups in total. The van der Waals surface area contributed by atoms with Gasteiger partial charge in [-0.05, 0) is 25.0 Å². The van der Waals surface area contributed by atoms with Gasteiger partial charge in [-0.3, -0.25) is 0 Å². The summed E-state index contributed by atoms with van der Waals surface area (Å²) >= 11 is 0. The molecule has 0 aromatic rings. The topological polar surface area (TPSA) is 70.0 Å². The van der Waals surface area contributed by atoms with Crippen molar-refractivity contribution >= 4 is 5.97 Å². The van der Waals surface area contributed by atoms with Crippen molar-refractivity contribution in [3.63, 3.8) is 0 Å². The van der Waals surface area contributed by atoms with Gasteiger partial charge in [-0.25, -0.2) is 4.79 Å². The van der Waals surface area contributed by atoms with Gasteiger partial charge in [0.05, 0.1) is 7.11 Å². The molecule has 84 valence electrons. The fourth-order valence-electron chi connectivity index (χ4n) is 1.48. The van der Waals surface area contributed by atoms with Gasteiger partial charge >= 0.3 is 5.97 Å². The number of aliphatic hydroxyl groups excluding tert-OH is 2. The molecule has 0 spiro atoms. The highest BCUT2D eigenvalue weighted by Crippen LogP contribution is 2.28. The summed E-state index contributed by atoms with van der Waals surface area (Å²) in [5, 5.41) is 19.5. The third-order valence-corrected chi connectivity index (χ3v) is 2.66. The van der Waals surface area contributed by atoms with Crippen molar-refractivity contribution in [3.8, 4) is 0 Å². The molecule has 1 unspecified atom stereocenters. The van der Waals surface area contributed by atoms with Crippen molar-refractivity contribution in [3.05, 3.63) is 22.6 Å². The van der Waals surface area contributed by atoms with Gasteiger partial charge in [-0.2, -0.15) is 0 Å². The van der Waals surface area contributed by atoms with Crippen LogP contribution in [0.3, 0.4) is 0 Å². The van der Waals surface area contributed by atoms with Gasteiger partial charge in [0, 0.05) is 7.05 Å². The molecular weight excluding hydrogens is 198 g/mol. The number of hydrogen-bond acceptors (Lipinski definition) is 5. The van der Waals surface area contributed by atoms with Crippen LogP contribution in [0.25, 0.3) is 0 Å². The largest absolute Gasteiger partial charge is 0.505 e. The first-order chi connectivity index (χ1) is 6.91. The molecule has 5 nitrogen and oxygen atoms in total. The first-order valence-electron chi connectivity index (χ1n) is 4.52. The van der Waals surface area contributed by atoms with Crippen LogP contribution in [-0.2, 0) is 9.53 Å². The Kier molecular flexibility index (Phi) is 3.04. The normalized spacial score (nSPS) is 22.2. The first kappa shape index (κ1) is 11.6. The van der Waals surface area contributed by atoms with E-state index in [4.69, 9.17) is 0 Å². The van der Waals surface area contributed by atoms with Crippen LogP contribution >= 0.6 is 0 Å². The predicted molar refractivity (Wildman–Crippen MR) is 53.8 cm³/mol. The SMILES string of the molecule is COC(=O)C1=C(O)C(C)=C(C)C(O)N1C. The van der Waals surface area contributed by atoms with Crippen molar-refractivity contribution in [1.29, 1.82) is 0 Å². The summed E-state index contributed by atoms with van der Waals surface area (Å²) in [6.07, 6.45) is -0.907. The monoisotopic (exact) mass is 213 g/mol. The first-order valence-corrected chi connectivity index (χ1v) is 4.52. The highest BCUT2D eigenvalue weighted by atomic mass is 16.5. The third kappa shape index (κ3) is 1.70. The molecule has 1 atom stereocenters. The van der Waals surface area contributed by atoms with Crippen LogP contribution in [0.5, 0.6) is 0 Å². The maximum Gasteiger partial charge on any atom is 0.358 e. The Labute approximate surface area is 88.3 Å². The van der Waals surface area contributed by atoms with Gasteiger partial charge in [0.1, 0.15) is 12.0 Å². The molecule has 0 fully saturated rings. The third-order valence-electron chi connectivity index (χ3n) is 2.66. The number of allylic oxidation sites excluding steroid dienone is 1. The van der Waals surface area contributed by atoms with E-state index in [1.807, 2.05) is 0 Å². The summed E-state index contributed by atoms with van der Waals surface area (Å²) < 4.78 is 4.53. The molecular formula is C10H15NO4. The molecule has 0 amide bonds. The van der Waals surface area contributed by atoms with E-state index in [2.05, 4.69) is 4.74 Å². The zero-order chi connectivity index (χ0) is 11.7. The average molecular weight is 213 g/mol. The minimum absolute atomic E-state index is 0.0203. The molecule has 1 heterocycles. The quantitative estimate of drug-likeness (QED) is 0.622. The van der Waals surface area contributed by atoms with E-state index in [1.165, 1.54) is 19.1 Å². The summed E-state index contributed by atoms with van der Waals surface area (Å²) in [5.41, 5.74) is 1.09. The van der Waals surface area contributed by atoms with Crippen LogP contribution in [0.1, 0.15) is 13.8 Å². The van der Waals surface area contributed by atoms with Crippen molar-refractivity contribution in [1.82, 2.24) is 4.90 Å². The number of rotatable bonds is 1. The number of esters is 1. The van der Waals surface area contributed by atoms with Crippen LogP contribution in [0.2, 0.25) is 0 Å². The van der Waals surface area contributed by atoms with Crippen LogP contribution in [-0.4, -0.2) is 41.5 Å². The maximum atomic E-state index is 11.4. The maximum absolute atomic E-state index is 11.4. The molecule has 0 aromatic heterocycles. The zero-order valence-electron chi connectivity index (χ0n) is 9.24. The average Bonchev–Trinajstić information content (AvgIpc) is 2.23. The van der Waals surface area contributed by atoms with Crippen molar-refractivity contribution in [2.24, 2.45) is 0 Å². The summed E-state index contributed by atoms with van der Waals surface area (Å²) in [4.78, 5) is 12.7. The number of likely N-dealkylation sites (N-methyl/N-ethyl adjacent to an activating group) is 1. The highest BCUT2D eigenvalue weighted by molar-refractivity contribution is 5.89. The van der Waals surface area contributed by atoms with E-state index in [1.54, 1.807) is 13.8 Å². The molecule has 15 heavy (non-hydrogen) atoms. The van der Waals surface area contributed by atoms with Crippen LogP contribution < -0.4 is 0 Å². The van der Waals surface area contributed by atoms with Gasteiger partial charge in [-0.1, -0.05) is 0 Å². The lowest BCUT2D eigenvalue weighted by molar-refractivity contribution is -0.139. The van der Waals surface area contributed by atoms with E-state index in [0.29, 0.717) is 11.1 Å². The Bertz CT molecular complexity index is 356. The van der Waals surface area contributed by atoms with E-state index in [-0.39, 0.29) is 11.5 Å². The standard InChI is InChI=1S/C10H15NO4/c1-5-6(2)9(13)11(3)7(8(5)12)10(14)15-4/h9,12-13H,1-4H3. The lowest BCUT2D eigenvalue weighted by atomic mass is 10.0. The minimum Gasteiger partial charge on any atom is -0.505 e. The van der Waals surface area contributed by atoms with Gasteiger partial charge in [0.15, 0.2) is 5.70 Å². The van der Waals surface area contributed by atoms with Gasteiger partial charge < -0.3 is 19.8 Å².